The van der Waals surface area contributed by atoms with E-state index >= 15 is 0 Å². The molecule has 1 heterocycles. The Kier molecular flexibility index (Phi) is 3.20. The topological polar surface area (TPSA) is 26.0 Å². The molecule has 2 N–H and O–H groups in total. The second-order valence-corrected chi connectivity index (χ2v) is 5.81. The molecule has 0 aromatic rings. The maximum Gasteiger partial charge on any atom is 0.000394 e. The summed E-state index contributed by atoms with van der Waals surface area (Å²) in [5.74, 6) is 3.67. The highest BCUT2D eigenvalue weighted by Gasteiger charge is 2.39. The predicted octanol–water partition coefficient (Wildman–Crippen LogP) is 2.65. The van der Waals surface area contributed by atoms with Gasteiger partial charge < -0.3 is 5.73 Å². The van der Waals surface area contributed by atoms with Crippen LogP contribution in [0.1, 0.15) is 38.5 Å². The highest BCUT2D eigenvalue weighted by molar-refractivity contribution is 7.99. The van der Waals surface area contributed by atoms with Gasteiger partial charge in [0.2, 0.25) is 0 Å². The predicted molar refractivity (Wildman–Crippen MR) is 60.0 cm³/mol. The van der Waals surface area contributed by atoms with Crippen molar-refractivity contribution in [1.82, 2.24) is 0 Å². The van der Waals surface area contributed by atoms with E-state index < -0.39 is 0 Å². The molecule has 0 amide bonds. The molecule has 0 radical (unpaired) electrons. The molecule has 13 heavy (non-hydrogen) atoms. The van der Waals surface area contributed by atoms with Gasteiger partial charge in [0.25, 0.3) is 0 Å². The van der Waals surface area contributed by atoms with Crippen LogP contribution in [0.15, 0.2) is 0 Å². The van der Waals surface area contributed by atoms with Crippen LogP contribution in [0, 0.1) is 11.3 Å². The van der Waals surface area contributed by atoms with Crippen LogP contribution in [0.25, 0.3) is 0 Å². The molecule has 2 rings (SSSR count). The first-order chi connectivity index (χ1) is 6.37. The SMILES string of the molecule is NCC1(C2CCCC2)CCCSC1. The van der Waals surface area contributed by atoms with Gasteiger partial charge in [-0.3, -0.25) is 0 Å². The van der Waals surface area contributed by atoms with Gasteiger partial charge in [-0.25, -0.2) is 0 Å². The fourth-order valence-corrected chi connectivity index (χ4v) is 4.46. The molecule has 1 aliphatic carbocycles. The van der Waals surface area contributed by atoms with Crippen molar-refractivity contribution < 1.29 is 0 Å². The summed E-state index contributed by atoms with van der Waals surface area (Å²) < 4.78 is 0. The Morgan fingerprint density at radius 2 is 2.00 bits per heavy atom. The fraction of sp³-hybridized carbons (Fsp3) is 1.00. The van der Waals surface area contributed by atoms with Gasteiger partial charge >= 0.3 is 0 Å². The van der Waals surface area contributed by atoms with E-state index in [1.54, 1.807) is 0 Å². The van der Waals surface area contributed by atoms with Gasteiger partial charge in [0.1, 0.15) is 0 Å². The summed E-state index contributed by atoms with van der Waals surface area (Å²) >= 11 is 2.13. The Morgan fingerprint density at radius 1 is 1.23 bits per heavy atom. The van der Waals surface area contributed by atoms with Crippen LogP contribution < -0.4 is 5.73 Å². The molecule has 1 aliphatic heterocycles. The zero-order valence-corrected chi connectivity index (χ0v) is 9.24. The lowest BCUT2D eigenvalue weighted by atomic mass is 9.72. The molecule has 2 aliphatic rings. The Morgan fingerprint density at radius 3 is 2.54 bits per heavy atom. The van der Waals surface area contributed by atoms with Gasteiger partial charge in [0.15, 0.2) is 0 Å². The first kappa shape index (κ1) is 9.85. The first-order valence-electron chi connectivity index (χ1n) is 5.65. The van der Waals surface area contributed by atoms with Gasteiger partial charge in [-0.2, -0.15) is 11.8 Å². The van der Waals surface area contributed by atoms with Gasteiger partial charge in [-0.1, -0.05) is 12.8 Å². The Balaban J connectivity index is 2.03. The highest BCUT2D eigenvalue weighted by atomic mass is 32.2. The molecule has 1 saturated heterocycles. The number of rotatable bonds is 2. The van der Waals surface area contributed by atoms with E-state index in [0.29, 0.717) is 5.41 Å². The molecule has 1 unspecified atom stereocenters. The van der Waals surface area contributed by atoms with E-state index in [0.717, 1.165) is 12.5 Å². The largest absolute Gasteiger partial charge is 0.330 e. The molecule has 2 fully saturated rings. The second-order valence-electron chi connectivity index (χ2n) is 4.70. The van der Waals surface area contributed by atoms with Crippen LogP contribution in [0.3, 0.4) is 0 Å². The highest BCUT2D eigenvalue weighted by Crippen LogP contribution is 2.46. The standard InChI is InChI=1S/C11H21NS/c12-8-11(6-3-7-13-9-11)10-4-1-2-5-10/h10H,1-9,12H2. The minimum Gasteiger partial charge on any atom is -0.330 e. The molecule has 1 atom stereocenters. The summed E-state index contributed by atoms with van der Waals surface area (Å²) in [6.45, 7) is 0.935. The smallest absolute Gasteiger partial charge is 0.000394 e. The number of hydrogen-bond acceptors (Lipinski definition) is 2. The fourth-order valence-electron chi connectivity index (χ4n) is 3.06. The zero-order valence-electron chi connectivity index (χ0n) is 8.43. The summed E-state index contributed by atoms with van der Waals surface area (Å²) in [5, 5.41) is 0. The molecular weight excluding hydrogens is 178 g/mol. The van der Waals surface area contributed by atoms with Crippen LogP contribution in [0.4, 0.5) is 0 Å². The maximum atomic E-state index is 6.00. The monoisotopic (exact) mass is 199 g/mol. The first-order valence-corrected chi connectivity index (χ1v) is 6.81. The van der Waals surface area contributed by atoms with E-state index in [2.05, 4.69) is 11.8 Å². The molecule has 0 aromatic carbocycles. The van der Waals surface area contributed by atoms with Crippen molar-refractivity contribution in [3.63, 3.8) is 0 Å². The van der Waals surface area contributed by atoms with Crippen molar-refractivity contribution >= 4 is 11.8 Å². The summed E-state index contributed by atoms with van der Waals surface area (Å²) in [6.07, 6.45) is 8.63. The Hall–Kier alpha value is 0.310. The van der Waals surface area contributed by atoms with Crippen LogP contribution in [0.5, 0.6) is 0 Å². The molecular formula is C11H21NS. The van der Waals surface area contributed by atoms with Gasteiger partial charge in [0, 0.05) is 5.75 Å². The second kappa shape index (κ2) is 4.22. The number of thioether (sulfide) groups is 1. The van der Waals surface area contributed by atoms with Gasteiger partial charge in [-0.05, 0) is 49.3 Å². The van der Waals surface area contributed by atoms with Crippen molar-refractivity contribution in [2.24, 2.45) is 17.1 Å². The molecule has 0 spiro atoms. The average Bonchev–Trinajstić information content (AvgIpc) is 2.72. The van der Waals surface area contributed by atoms with E-state index in [1.165, 1.54) is 50.0 Å². The summed E-state index contributed by atoms with van der Waals surface area (Å²) in [6, 6.07) is 0. The lowest BCUT2D eigenvalue weighted by molar-refractivity contribution is 0.183. The molecule has 0 bridgehead atoms. The minimum absolute atomic E-state index is 0.541. The minimum atomic E-state index is 0.541. The summed E-state index contributed by atoms with van der Waals surface area (Å²) in [4.78, 5) is 0. The van der Waals surface area contributed by atoms with Crippen LogP contribution in [-0.2, 0) is 0 Å². The summed E-state index contributed by atoms with van der Waals surface area (Å²) in [5.41, 5.74) is 6.55. The normalized spacial score (nSPS) is 36.7. The van der Waals surface area contributed by atoms with Crippen molar-refractivity contribution in [1.29, 1.82) is 0 Å². The van der Waals surface area contributed by atoms with E-state index in [-0.39, 0.29) is 0 Å². The third kappa shape index (κ3) is 1.89. The van der Waals surface area contributed by atoms with Crippen molar-refractivity contribution in [2.45, 2.75) is 38.5 Å². The van der Waals surface area contributed by atoms with E-state index in [4.69, 9.17) is 5.73 Å². The average molecular weight is 199 g/mol. The Labute approximate surface area is 85.8 Å². The third-order valence-electron chi connectivity index (χ3n) is 3.98. The molecule has 1 saturated carbocycles. The van der Waals surface area contributed by atoms with Crippen molar-refractivity contribution in [3.05, 3.63) is 0 Å². The maximum absolute atomic E-state index is 6.00. The molecule has 1 nitrogen and oxygen atoms in total. The van der Waals surface area contributed by atoms with E-state index in [1.807, 2.05) is 0 Å². The van der Waals surface area contributed by atoms with Crippen molar-refractivity contribution in [3.8, 4) is 0 Å². The lowest BCUT2D eigenvalue weighted by Crippen LogP contribution is -2.41. The zero-order chi connectivity index (χ0) is 9.15. The van der Waals surface area contributed by atoms with Gasteiger partial charge in [0.05, 0.1) is 0 Å². The van der Waals surface area contributed by atoms with Crippen molar-refractivity contribution in [2.75, 3.05) is 18.1 Å². The Bertz CT molecular complexity index is 157. The van der Waals surface area contributed by atoms with Gasteiger partial charge in [-0.15, -0.1) is 0 Å². The third-order valence-corrected chi connectivity index (χ3v) is 5.34. The van der Waals surface area contributed by atoms with Crippen LogP contribution in [0.2, 0.25) is 0 Å². The molecule has 0 aromatic heterocycles. The molecule has 76 valence electrons. The van der Waals surface area contributed by atoms with Crippen LogP contribution in [-0.4, -0.2) is 18.1 Å². The number of nitrogens with two attached hydrogens (primary N) is 1. The quantitative estimate of drug-likeness (QED) is 0.740. The molecule has 2 heteroatoms. The summed E-state index contributed by atoms with van der Waals surface area (Å²) in [7, 11) is 0. The number of hydrogen-bond donors (Lipinski definition) is 1. The lowest BCUT2D eigenvalue weighted by Gasteiger charge is -2.41. The van der Waals surface area contributed by atoms with E-state index in [9.17, 15) is 0 Å². The van der Waals surface area contributed by atoms with Crippen LogP contribution >= 0.6 is 11.8 Å².